The van der Waals surface area contributed by atoms with Gasteiger partial charge in [-0.25, -0.2) is 0 Å². The zero-order valence-electron chi connectivity index (χ0n) is 49.2. The molecule has 0 unspecified atom stereocenters. The topological polar surface area (TPSA) is 510 Å². The second-order valence-electron chi connectivity index (χ2n) is 20.2. The second kappa shape index (κ2) is 35.2. The number of hydrogen-bond donors (Lipinski definition) is 13. The first-order valence-electron chi connectivity index (χ1n) is 27.8. The summed E-state index contributed by atoms with van der Waals surface area (Å²) in [5.41, 5.74) is 57.6. The minimum atomic E-state index is -1.17. The number of ether oxygens (including phenoxy) is 3. The summed E-state index contributed by atoms with van der Waals surface area (Å²) in [4.78, 5) is 126. The Hall–Kier alpha value is -10.1. The van der Waals surface area contributed by atoms with Crippen LogP contribution in [0, 0.1) is 0 Å². The molecule has 468 valence electrons. The van der Waals surface area contributed by atoms with Crippen LogP contribution in [-0.4, -0.2) is 142 Å². The number of primary amides is 1. The third kappa shape index (κ3) is 23.5. The van der Waals surface area contributed by atoms with Gasteiger partial charge in [-0.2, -0.15) is 0 Å². The van der Waals surface area contributed by atoms with Crippen LogP contribution in [0.4, 0.5) is 0 Å². The van der Waals surface area contributed by atoms with Gasteiger partial charge in [-0.05, 0) is 122 Å². The number of aliphatic imine (C=N–C) groups is 4. The van der Waals surface area contributed by atoms with E-state index >= 15 is 0 Å². The number of nitrogens with one attached hydrogen (secondary N) is 3. The zero-order chi connectivity index (χ0) is 64.2. The lowest BCUT2D eigenvalue weighted by atomic mass is 9.96. The number of nitrogens with zero attached hydrogens (tertiary/aromatic N) is 4. The maximum atomic E-state index is 14.4. The fourth-order valence-corrected chi connectivity index (χ4v) is 9.11. The summed E-state index contributed by atoms with van der Waals surface area (Å²) in [5, 5.41) is 8.42. The number of rotatable bonds is 38. The number of nitrogens with two attached hydrogens (primary N) is 10. The highest BCUT2D eigenvalue weighted by molar-refractivity contribution is 6.03. The monoisotopic (exact) mass is 1200 g/mol. The fraction of sp³-hybridized carbons (Fsp3) is 0.390. The van der Waals surface area contributed by atoms with Crippen molar-refractivity contribution in [3.8, 4) is 17.2 Å². The second-order valence-corrected chi connectivity index (χ2v) is 20.2. The highest BCUT2D eigenvalue weighted by Crippen LogP contribution is 2.26. The number of guanidine groups is 4. The largest absolute Gasteiger partial charge is 0.496 e. The van der Waals surface area contributed by atoms with E-state index in [1.807, 2.05) is 0 Å². The molecule has 87 heavy (non-hydrogen) atoms. The Labute approximate surface area is 504 Å². The van der Waals surface area contributed by atoms with Crippen molar-refractivity contribution in [2.24, 2.45) is 77.3 Å². The number of carbonyl (C=O) groups is 8. The summed E-state index contributed by atoms with van der Waals surface area (Å²) in [6.07, 6.45) is 1.02. The normalized spacial score (nSPS) is 12.1. The Bertz CT molecular complexity index is 3200. The summed E-state index contributed by atoms with van der Waals surface area (Å²) in [5.74, 6) is -4.58. The molecule has 4 atom stereocenters. The van der Waals surface area contributed by atoms with Crippen molar-refractivity contribution in [3.05, 3.63) is 123 Å². The summed E-state index contributed by atoms with van der Waals surface area (Å²) < 4.78 is 16.6. The molecule has 4 amide bonds. The third-order valence-corrected chi connectivity index (χ3v) is 13.5. The SMILES string of the molecule is COc1ccc(CC(=O)[C@H](N)CCCN=C(N)N)cc1C(=O)N[C@H](CCCN=C(N)N)C(=O)Cc1ccc(OC)c(C(=O)N[C@H](CCCN=C(N)N)C(=O)Cc2ccc(OC)c(C(=O)N[C@H](CCCN=C(N)N)C(=O)Cc3cccc(C(N)=O)c3)c2)c1. The van der Waals surface area contributed by atoms with E-state index in [2.05, 4.69) is 35.9 Å². The van der Waals surface area contributed by atoms with E-state index in [1.165, 1.54) is 69.9 Å². The molecule has 0 radical (unpaired) electrons. The predicted octanol–water partition coefficient (Wildman–Crippen LogP) is -0.805. The van der Waals surface area contributed by atoms with E-state index in [9.17, 15) is 38.4 Å². The molecule has 0 aliphatic carbocycles. The molecular formula is C59H81N17O11. The van der Waals surface area contributed by atoms with E-state index in [0.717, 1.165) is 0 Å². The van der Waals surface area contributed by atoms with Gasteiger partial charge in [-0.1, -0.05) is 30.3 Å². The van der Waals surface area contributed by atoms with Crippen molar-refractivity contribution in [1.82, 2.24) is 16.0 Å². The fourth-order valence-electron chi connectivity index (χ4n) is 9.11. The average Bonchev–Trinajstić information content (AvgIpc) is 3.19. The average molecular weight is 1200 g/mol. The quantitative estimate of drug-likeness (QED) is 0.0148. The van der Waals surface area contributed by atoms with Crippen molar-refractivity contribution >= 4 is 70.6 Å². The maximum absolute atomic E-state index is 14.4. The minimum absolute atomic E-state index is 0.00624. The Kier molecular flexibility index (Phi) is 28.1. The number of ketones is 4. The Morgan fingerprint density at radius 1 is 0.402 bits per heavy atom. The maximum Gasteiger partial charge on any atom is 0.255 e. The Morgan fingerprint density at radius 3 is 1.00 bits per heavy atom. The van der Waals surface area contributed by atoms with Gasteiger partial charge in [0, 0.05) is 57.4 Å². The first kappa shape index (κ1) is 69.4. The number of hydrogen-bond acceptors (Lipinski definition) is 16. The van der Waals surface area contributed by atoms with Gasteiger partial charge in [0.05, 0.1) is 62.2 Å². The summed E-state index contributed by atoms with van der Waals surface area (Å²) in [7, 11) is 4.06. The summed E-state index contributed by atoms with van der Waals surface area (Å²) in [6.45, 7) is 0.706. The number of benzene rings is 4. The lowest BCUT2D eigenvalue weighted by Gasteiger charge is -2.21. The van der Waals surface area contributed by atoms with Crippen molar-refractivity contribution in [2.75, 3.05) is 47.5 Å². The van der Waals surface area contributed by atoms with Gasteiger partial charge in [0.15, 0.2) is 47.0 Å². The molecule has 0 spiro atoms. The zero-order valence-corrected chi connectivity index (χ0v) is 49.2. The van der Waals surface area contributed by atoms with Crippen molar-refractivity contribution in [2.45, 2.75) is 101 Å². The molecule has 0 heterocycles. The Balaban J connectivity index is 1.60. The van der Waals surface area contributed by atoms with E-state index in [1.54, 1.807) is 30.3 Å². The lowest BCUT2D eigenvalue weighted by molar-refractivity contribution is -0.121. The lowest BCUT2D eigenvalue weighted by Crippen LogP contribution is -2.42. The highest BCUT2D eigenvalue weighted by Gasteiger charge is 2.29. The first-order valence-corrected chi connectivity index (χ1v) is 27.8. The molecule has 0 bridgehead atoms. The number of Topliss-reactive ketones (excluding diaryl/α,β-unsaturated/α-hetero) is 4. The van der Waals surface area contributed by atoms with Crippen LogP contribution in [0.25, 0.3) is 0 Å². The minimum Gasteiger partial charge on any atom is -0.496 e. The van der Waals surface area contributed by atoms with Crippen molar-refractivity contribution in [1.29, 1.82) is 0 Å². The smallest absolute Gasteiger partial charge is 0.255 e. The number of methoxy groups -OCH3 is 3. The van der Waals surface area contributed by atoms with Crippen LogP contribution in [0.2, 0.25) is 0 Å². The van der Waals surface area contributed by atoms with Crippen LogP contribution in [0.15, 0.2) is 98.8 Å². The molecule has 4 aromatic carbocycles. The Morgan fingerprint density at radius 2 is 0.701 bits per heavy atom. The van der Waals surface area contributed by atoms with Gasteiger partial charge in [0.2, 0.25) is 5.91 Å². The summed E-state index contributed by atoms with van der Waals surface area (Å²) >= 11 is 0. The van der Waals surface area contributed by atoms with Crippen LogP contribution >= 0.6 is 0 Å². The molecule has 28 nitrogen and oxygen atoms in total. The molecule has 0 saturated carbocycles. The first-order chi connectivity index (χ1) is 41.4. The molecule has 0 fully saturated rings. The van der Waals surface area contributed by atoms with Crippen LogP contribution in [0.1, 0.15) is 115 Å². The molecule has 0 aliphatic heterocycles. The van der Waals surface area contributed by atoms with Gasteiger partial charge in [-0.3, -0.25) is 58.3 Å². The number of amides is 4. The van der Waals surface area contributed by atoms with E-state index < -0.39 is 59.4 Å². The predicted molar refractivity (Wildman–Crippen MR) is 330 cm³/mol. The van der Waals surface area contributed by atoms with E-state index in [-0.39, 0.29) is 152 Å². The standard InChI is InChI=1S/C59H81N17O11/c1-85-49-18-15-34(29-45(77)41(60)11-5-21-70-56(62)63)26-38(49)53(82)75-43(13-7-23-72-58(66)67)47(79)31-36-17-20-51(87-3)40(28-36)55(84)76-44(14-8-24-73-59(68)69)48(80)32-35-16-19-50(86-2)39(27-35)54(83)74-42(12-6-22-71-57(64)65)46(78)30-33-9-4-10-37(25-33)52(61)81/h4,9-10,15-20,25-28,41-44H,5-8,11-14,21-24,29-32,60H2,1-3H3,(H2,61,81)(H,74,83)(H,75,82)(H,76,84)(H4,62,63,70)(H4,64,65,71)(H4,66,67,72)(H4,68,69,73)/t41-,42-,43-,44-/m1/s1. The van der Waals surface area contributed by atoms with Crippen LogP contribution < -0.4 is 87.5 Å². The molecule has 4 aromatic rings. The van der Waals surface area contributed by atoms with Crippen molar-refractivity contribution < 1.29 is 52.6 Å². The molecular weight excluding hydrogens is 1120 g/mol. The van der Waals surface area contributed by atoms with Gasteiger partial charge in [0.1, 0.15) is 17.2 Å². The van der Waals surface area contributed by atoms with Gasteiger partial charge in [0.25, 0.3) is 17.7 Å². The summed E-state index contributed by atoms with van der Waals surface area (Å²) in [6, 6.07) is 15.7. The molecule has 23 N–H and O–H groups in total. The molecule has 0 saturated heterocycles. The third-order valence-electron chi connectivity index (χ3n) is 13.5. The number of carbonyl (C=O) groups excluding carboxylic acids is 8. The molecule has 28 heteroatoms. The van der Waals surface area contributed by atoms with Crippen LogP contribution in [-0.2, 0) is 44.9 Å². The molecule has 0 aromatic heterocycles. The molecule has 0 aliphatic rings. The van der Waals surface area contributed by atoms with E-state index in [0.29, 0.717) is 48.1 Å². The van der Waals surface area contributed by atoms with Crippen LogP contribution in [0.5, 0.6) is 17.2 Å². The van der Waals surface area contributed by atoms with Crippen LogP contribution in [0.3, 0.4) is 0 Å². The van der Waals surface area contributed by atoms with Gasteiger partial charge >= 0.3 is 0 Å². The van der Waals surface area contributed by atoms with E-state index in [4.69, 9.17) is 71.5 Å². The molecule has 4 rings (SSSR count). The highest BCUT2D eigenvalue weighted by atomic mass is 16.5. The van der Waals surface area contributed by atoms with Crippen molar-refractivity contribution in [3.63, 3.8) is 0 Å². The van der Waals surface area contributed by atoms with Gasteiger partial charge < -0.3 is 87.5 Å². The van der Waals surface area contributed by atoms with Gasteiger partial charge in [-0.15, -0.1) is 0 Å².